The highest BCUT2D eigenvalue weighted by atomic mass is 16.4. The fraction of sp³-hybridized carbons (Fsp3) is 0.500. The van der Waals surface area contributed by atoms with Crippen LogP contribution in [0.1, 0.15) is 6.92 Å². The number of urea groups is 1. The number of carboxylic acids is 1. The zero-order valence-corrected chi connectivity index (χ0v) is 15.2. The molecule has 2 N–H and O–H groups in total. The average molecular weight is 362 g/mol. The number of carbonyl (C=O) groups excluding carboxylic acids is 2. The molecule has 2 rings (SSSR count). The SMILES string of the molecule is CC(CN(C)C(=O)NCC(=O)N1CCN(c2ccccc2)CC1)C(=O)O. The molecule has 0 radical (unpaired) electrons. The van der Waals surface area contributed by atoms with Crippen LogP contribution in [0.3, 0.4) is 0 Å². The van der Waals surface area contributed by atoms with Crippen LogP contribution in [0.4, 0.5) is 10.5 Å². The summed E-state index contributed by atoms with van der Waals surface area (Å²) in [4.78, 5) is 40.3. The van der Waals surface area contributed by atoms with E-state index in [1.54, 1.807) is 4.90 Å². The minimum absolute atomic E-state index is 0.0873. The lowest BCUT2D eigenvalue weighted by Crippen LogP contribution is -2.52. The third kappa shape index (κ3) is 5.37. The lowest BCUT2D eigenvalue weighted by Gasteiger charge is -2.36. The molecule has 1 aromatic rings. The van der Waals surface area contributed by atoms with Crippen molar-refractivity contribution >= 4 is 23.6 Å². The summed E-state index contributed by atoms with van der Waals surface area (Å²) in [6.45, 7) is 4.25. The van der Waals surface area contributed by atoms with Gasteiger partial charge in [-0.3, -0.25) is 9.59 Å². The molecule has 1 aliphatic rings. The van der Waals surface area contributed by atoms with Crippen LogP contribution in [-0.4, -0.2) is 79.1 Å². The Morgan fingerprint density at radius 2 is 1.77 bits per heavy atom. The van der Waals surface area contributed by atoms with Crippen LogP contribution in [0.5, 0.6) is 0 Å². The lowest BCUT2D eigenvalue weighted by molar-refractivity contribution is -0.141. The topological polar surface area (TPSA) is 93.2 Å². The number of hydrogen-bond acceptors (Lipinski definition) is 4. The van der Waals surface area contributed by atoms with Crippen molar-refractivity contribution in [2.45, 2.75) is 6.92 Å². The first kappa shape index (κ1) is 19.6. The predicted molar refractivity (Wildman–Crippen MR) is 98.1 cm³/mol. The molecule has 0 aliphatic carbocycles. The van der Waals surface area contributed by atoms with Gasteiger partial charge in [-0.05, 0) is 12.1 Å². The van der Waals surface area contributed by atoms with Gasteiger partial charge in [0.2, 0.25) is 5.91 Å². The Hall–Kier alpha value is -2.77. The van der Waals surface area contributed by atoms with Crippen LogP contribution < -0.4 is 10.2 Å². The molecular formula is C18H26N4O4. The maximum atomic E-state index is 12.3. The van der Waals surface area contributed by atoms with Crippen molar-refractivity contribution in [1.29, 1.82) is 0 Å². The number of nitrogens with zero attached hydrogens (tertiary/aromatic N) is 3. The number of para-hydroxylation sites is 1. The lowest BCUT2D eigenvalue weighted by atomic mass is 10.2. The Morgan fingerprint density at radius 3 is 2.35 bits per heavy atom. The molecule has 1 heterocycles. The Balaban J connectivity index is 1.73. The van der Waals surface area contributed by atoms with Crippen molar-refractivity contribution in [2.75, 3.05) is 51.2 Å². The minimum Gasteiger partial charge on any atom is -0.481 e. The quantitative estimate of drug-likeness (QED) is 0.777. The highest BCUT2D eigenvalue weighted by Crippen LogP contribution is 2.15. The molecule has 1 aliphatic heterocycles. The molecule has 8 heteroatoms. The van der Waals surface area contributed by atoms with Crippen molar-refractivity contribution in [2.24, 2.45) is 5.92 Å². The Labute approximate surface area is 153 Å². The van der Waals surface area contributed by atoms with Crippen molar-refractivity contribution < 1.29 is 19.5 Å². The molecule has 1 saturated heterocycles. The van der Waals surface area contributed by atoms with Crippen LogP contribution in [0.25, 0.3) is 0 Å². The summed E-state index contributed by atoms with van der Waals surface area (Å²) in [6.07, 6.45) is 0. The molecule has 1 unspecified atom stereocenters. The number of anilines is 1. The van der Waals surface area contributed by atoms with E-state index in [1.165, 1.54) is 18.9 Å². The van der Waals surface area contributed by atoms with E-state index in [0.29, 0.717) is 13.1 Å². The van der Waals surface area contributed by atoms with Gasteiger partial charge in [0.25, 0.3) is 0 Å². The van der Waals surface area contributed by atoms with Gasteiger partial charge in [0.1, 0.15) is 0 Å². The number of carboxylic acid groups (broad SMARTS) is 1. The average Bonchev–Trinajstić information content (AvgIpc) is 2.66. The standard InChI is InChI=1S/C18H26N4O4/c1-14(17(24)25)13-20(2)18(26)19-12-16(23)22-10-8-21(9-11-22)15-6-4-3-5-7-15/h3-7,14H,8-13H2,1-2H3,(H,19,26)(H,24,25). The summed E-state index contributed by atoms with van der Waals surface area (Å²) in [7, 11) is 1.51. The van der Waals surface area contributed by atoms with Gasteiger partial charge in [0.05, 0.1) is 12.5 Å². The molecule has 26 heavy (non-hydrogen) atoms. The largest absolute Gasteiger partial charge is 0.481 e. The zero-order valence-electron chi connectivity index (χ0n) is 15.2. The summed E-state index contributed by atoms with van der Waals surface area (Å²) in [5.41, 5.74) is 1.14. The molecule has 1 fully saturated rings. The van der Waals surface area contributed by atoms with E-state index in [-0.39, 0.29) is 19.0 Å². The number of nitrogens with one attached hydrogen (secondary N) is 1. The summed E-state index contributed by atoms with van der Waals surface area (Å²) >= 11 is 0. The number of amides is 3. The van der Waals surface area contributed by atoms with Crippen LogP contribution in [0.15, 0.2) is 30.3 Å². The van der Waals surface area contributed by atoms with Gasteiger partial charge in [-0.1, -0.05) is 25.1 Å². The monoisotopic (exact) mass is 362 g/mol. The number of piperazine rings is 1. The summed E-state index contributed by atoms with van der Waals surface area (Å²) in [5.74, 6) is -1.75. The Kier molecular flexibility index (Phi) is 6.82. The van der Waals surface area contributed by atoms with Crippen molar-refractivity contribution in [1.82, 2.24) is 15.1 Å². The second-order valence-corrected chi connectivity index (χ2v) is 6.48. The highest BCUT2D eigenvalue weighted by molar-refractivity contribution is 5.84. The van der Waals surface area contributed by atoms with Gasteiger partial charge in [0.15, 0.2) is 0 Å². The number of carbonyl (C=O) groups is 3. The Morgan fingerprint density at radius 1 is 1.15 bits per heavy atom. The van der Waals surface area contributed by atoms with Gasteiger partial charge in [-0.15, -0.1) is 0 Å². The first-order chi connectivity index (χ1) is 12.4. The molecule has 1 aromatic carbocycles. The molecule has 1 atom stereocenters. The smallest absolute Gasteiger partial charge is 0.317 e. The maximum Gasteiger partial charge on any atom is 0.317 e. The molecule has 0 saturated carbocycles. The summed E-state index contributed by atoms with van der Waals surface area (Å²) < 4.78 is 0. The number of benzene rings is 1. The minimum atomic E-state index is -0.961. The van der Waals surface area contributed by atoms with E-state index in [0.717, 1.165) is 18.8 Å². The molecular weight excluding hydrogens is 336 g/mol. The third-order valence-electron chi connectivity index (χ3n) is 4.46. The second kappa shape index (κ2) is 9.07. The molecule has 8 nitrogen and oxygen atoms in total. The molecule has 0 spiro atoms. The summed E-state index contributed by atoms with van der Waals surface area (Å²) in [5, 5.41) is 11.4. The van der Waals surface area contributed by atoms with E-state index < -0.39 is 17.9 Å². The number of hydrogen-bond donors (Lipinski definition) is 2. The van der Waals surface area contributed by atoms with Gasteiger partial charge in [-0.2, -0.15) is 0 Å². The van der Waals surface area contributed by atoms with Gasteiger partial charge in [0, 0.05) is 45.5 Å². The van der Waals surface area contributed by atoms with Crippen LogP contribution in [-0.2, 0) is 9.59 Å². The highest BCUT2D eigenvalue weighted by Gasteiger charge is 2.22. The number of rotatable bonds is 6. The Bertz CT molecular complexity index is 629. The van der Waals surface area contributed by atoms with Crippen LogP contribution >= 0.6 is 0 Å². The number of aliphatic carboxylic acids is 1. The molecule has 3 amide bonds. The summed E-state index contributed by atoms with van der Waals surface area (Å²) in [6, 6.07) is 9.60. The van der Waals surface area contributed by atoms with E-state index in [1.807, 2.05) is 30.3 Å². The molecule has 142 valence electrons. The second-order valence-electron chi connectivity index (χ2n) is 6.48. The van der Waals surface area contributed by atoms with Crippen molar-refractivity contribution in [3.8, 4) is 0 Å². The van der Waals surface area contributed by atoms with Gasteiger partial charge >= 0.3 is 12.0 Å². The zero-order chi connectivity index (χ0) is 19.1. The van der Waals surface area contributed by atoms with E-state index in [9.17, 15) is 14.4 Å². The van der Waals surface area contributed by atoms with Crippen LogP contribution in [0.2, 0.25) is 0 Å². The molecule has 0 bridgehead atoms. The van der Waals surface area contributed by atoms with Crippen LogP contribution in [0, 0.1) is 5.92 Å². The fourth-order valence-electron chi connectivity index (χ4n) is 2.82. The van der Waals surface area contributed by atoms with Gasteiger partial charge in [-0.25, -0.2) is 4.79 Å². The third-order valence-corrected chi connectivity index (χ3v) is 4.46. The first-order valence-electron chi connectivity index (χ1n) is 8.68. The van der Waals surface area contributed by atoms with E-state index in [2.05, 4.69) is 10.2 Å². The normalized spacial score (nSPS) is 15.3. The van der Waals surface area contributed by atoms with Crippen molar-refractivity contribution in [3.63, 3.8) is 0 Å². The first-order valence-corrected chi connectivity index (χ1v) is 8.68. The maximum absolute atomic E-state index is 12.3. The fourth-order valence-corrected chi connectivity index (χ4v) is 2.82. The van der Waals surface area contributed by atoms with Crippen molar-refractivity contribution in [3.05, 3.63) is 30.3 Å². The van der Waals surface area contributed by atoms with E-state index in [4.69, 9.17) is 5.11 Å². The van der Waals surface area contributed by atoms with Gasteiger partial charge < -0.3 is 25.1 Å². The molecule has 0 aromatic heterocycles. The predicted octanol–water partition coefficient (Wildman–Crippen LogP) is 0.697. The van der Waals surface area contributed by atoms with E-state index >= 15 is 0 Å².